The van der Waals surface area contributed by atoms with Crippen molar-refractivity contribution in [3.63, 3.8) is 0 Å². The molecule has 0 aliphatic rings. The van der Waals surface area contributed by atoms with Gasteiger partial charge in [0.25, 0.3) is 0 Å². The lowest BCUT2D eigenvalue weighted by molar-refractivity contribution is -0.122. The molecule has 0 fully saturated rings. The third kappa shape index (κ3) is 3.56. The van der Waals surface area contributed by atoms with Crippen LogP contribution in [0.15, 0.2) is 30.3 Å². The van der Waals surface area contributed by atoms with E-state index in [0.717, 1.165) is 5.56 Å². The second-order valence-corrected chi connectivity index (χ2v) is 4.36. The van der Waals surface area contributed by atoms with Crippen LogP contribution in [0.5, 0.6) is 0 Å². The van der Waals surface area contributed by atoms with E-state index in [1.807, 2.05) is 44.2 Å². The van der Waals surface area contributed by atoms with Crippen molar-refractivity contribution < 1.29 is 4.79 Å². The van der Waals surface area contributed by atoms with Crippen LogP contribution in [-0.2, 0) is 10.3 Å². The maximum Gasteiger partial charge on any atom is 0.221 e. The molecule has 82 valence electrons. The molecule has 3 heteroatoms. The number of rotatable bonds is 4. The molecule has 1 aromatic carbocycles. The summed E-state index contributed by atoms with van der Waals surface area (Å²) >= 11 is 5.51. The summed E-state index contributed by atoms with van der Waals surface area (Å²) in [5.41, 5.74) is 0.748. The van der Waals surface area contributed by atoms with Crippen LogP contribution in [0.2, 0.25) is 0 Å². The number of carbonyl (C=O) groups excluding carboxylic acids is 1. The third-order valence-electron chi connectivity index (χ3n) is 2.27. The Morgan fingerprint density at radius 1 is 1.33 bits per heavy atom. The Morgan fingerprint density at radius 2 is 1.93 bits per heavy atom. The van der Waals surface area contributed by atoms with E-state index in [9.17, 15) is 4.79 Å². The van der Waals surface area contributed by atoms with Crippen molar-refractivity contribution in [1.29, 1.82) is 0 Å². The summed E-state index contributed by atoms with van der Waals surface area (Å²) in [5.74, 6) is 0.343. The van der Waals surface area contributed by atoms with Gasteiger partial charge in [0.15, 0.2) is 0 Å². The fourth-order valence-corrected chi connectivity index (χ4v) is 1.60. The molecule has 1 amide bonds. The lowest BCUT2D eigenvalue weighted by atomic mass is 9.94. The van der Waals surface area contributed by atoms with E-state index in [-0.39, 0.29) is 11.4 Å². The molecule has 0 saturated heterocycles. The standard InChI is InChI=1S/C12H16ClNO/c1-12(2,14-11(15)8-9-13)10-6-4-3-5-7-10/h3-7H,8-9H2,1-2H3,(H,14,15). The van der Waals surface area contributed by atoms with Gasteiger partial charge in [-0.2, -0.15) is 0 Å². The van der Waals surface area contributed by atoms with E-state index in [1.54, 1.807) is 0 Å². The molecule has 0 radical (unpaired) electrons. The first-order chi connectivity index (χ1) is 7.06. The van der Waals surface area contributed by atoms with Crippen molar-refractivity contribution in [2.75, 3.05) is 5.88 Å². The first-order valence-corrected chi connectivity index (χ1v) is 5.52. The highest BCUT2D eigenvalue weighted by molar-refractivity contribution is 6.18. The highest BCUT2D eigenvalue weighted by Gasteiger charge is 2.21. The van der Waals surface area contributed by atoms with Gasteiger partial charge in [-0.15, -0.1) is 11.6 Å². The number of hydrogen-bond acceptors (Lipinski definition) is 1. The van der Waals surface area contributed by atoms with Crippen molar-refractivity contribution in [2.45, 2.75) is 25.8 Å². The van der Waals surface area contributed by atoms with Crippen LogP contribution in [0.3, 0.4) is 0 Å². The topological polar surface area (TPSA) is 29.1 Å². The van der Waals surface area contributed by atoms with E-state index < -0.39 is 0 Å². The molecule has 0 aliphatic heterocycles. The molecule has 0 spiro atoms. The van der Waals surface area contributed by atoms with E-state index in [1.165, 1.54) is 0 Å². The van der Waals surface area contributed by atoms with Gasteiger partial charge in [-0.3, -0.25) is 4.79 Å². The number of hydrogen-bond donors (Lipinski definition) is 1. The van der Waals surface area contributed by atoms with Crippen LogP contribution < -0.4 is 5.32 Å². The summed E-state index contributed by atoms with van der Waals surface area (Å²) < 4.78 is 0. The van der Waals surface area contributed by atoms with E-state index in [2.05, 4.69) is 5.32 Å². The third-order valence-corrected chi connectivity index (χ3v) is 2.46. The quantitative estimate of drug-likeness (QED) is 0.785. The number of amides is 1. The summed E-state index contributed by atoms with van der Waals surface area (Å²) in [6.45, 7) is 3.96. The van der Waals surface area contributed by atoms with Crippen molar-refractivity contribution in [2.24, 2.45) is 0 Å². The zero-order valence-electron chi connectivity index (χ0n) is 9.09. The Balaban J connectivity index is 2.71. The van der Waals surface area contributed by atoms with Gasteiger partial charge in [0.05, 0.1) is 5.54 Å². The first-order valence-electron chi connectivity index (χ1n) is 4.99. The Bertz CT molecular complexity index is 322. The fourth-order valence-electron chi connectivity index (χ4n) is 1.42. The number of benzene rings is 1. The number of alkyl halides is 1. The highest BCUT2D eigenvalue weighted by Crippen LogP contribution is 2.19. The summed E-state index contributed by atoms with van der Waals surface area (Å²) in [7, 11) is 0. The van der Waals surface area contributed by atoms with Crippen LogP contribution in [0.1, 0.15) is 25.8 Å². The largest absolute Gasteiger partial charge is 0.347 e. The Morgan fingerprint density at radius 3 is 2.47 bits per heavy atom. The number of halogens is 1. The smallest absolute Gasteiger partial charge is 0.221 e. The lowest BCUT2D eigenvalue weighted by Crippen LogP contribution is -2.41. The van der Waals surface area contributed by atoms with Crippen molar-refractivity contribution in [3.05, 3.63) is 35.9 Å². The normalized spacial score (nSPS) is 11.1. The van der Waals surface area contributed by atoms with Crippen molar-refractivity contribution in [1.82, 2.24) is 5.32 Å². The molecule has 1 N–H and O–H groups in total. The molecular weight excluding hydrogens is 210 g/mol. The maximum atomic E-state index is 11.4. The first kappa shape index (κ1) is 12.1. The summed E-state index contributed by atoms with van der Waals surface area (Å²) in [6, 6.07) is 9.89. The Kier molecular flexibility index (Phi) is 4.15. The van der Waals surface area contributed by atoms with Gasteiger partial charge in [0.2, 0.25) is 5.91 Å². The molecule has 1 aromatic rings. The van der Waals surface area contributed by atoms with Gasteiger partial charge in [0.1, 0.15) is 0 Å². The predicted molar refractivity (Wildman–Crippen MR) is 62.9 cm³/mol. The van der Waals surface area contributed by atoms with Crippen molar-refractivity contribution >= 4 is 17.5 Å². The second-order valence-electron chi connectivity index (χ2n) is 3.98. The number of carbonyl (C=O) groups is 1. The Hall–Kier alpha value is -1.02. The minimum absolute atomic E-state index is 0.0150. The average molecular weight is 226 g/mol. The van der Waals surface area contributed by atoms with Gasteiger partial charge in [-0.1, -0.05) is 30.3 Å². The van der Waals surface area contributed by atoms with E-state index >= 15 is 0 Å². The Labute approximate surface area is 95.6 Å². The van der Waals surface area contributed by atoms with Gasteiger partial charge < -0.3 is 5.32 Å². The molecule has 15 heavy (non-hydrogen) atoms. The van der Waals surface area contributed by atoms with Gasteiger partial charge in [0, 0.05) is 12.3 Å². The summed E-state index contributed by atoms with van der Waals surface area (Å²) in [6.07, 6.45) is 0.359. The molecule has 0 heterocycles. The molecule has 0 aliphatic carbocycles. The monoisotopic (exact) mass is 225 g/mol. The fraction of sp³-hybridized carbons (Fsp3) is 0.417. The number of nitrogens with one attached hydrogen (secondary N) is 1. The molecule has 0 atom stereocenters. The van der Waals surface area contributed by atoms with Gasteiger partial charge >= 0.3 is 0 Å². The molecule has 0 unspecified atom stereocenters. The maximum absolute atomic E-state index is 11.4. The molecule has 2 nitrogen and oxygen atoms in total. The molecular formula is C12H16ClNO. The van der Waals surface area contributed by atoms with Crippen LogP contribution in [-0.4, -0.2) is 11.8 Å². The SMILES string of the molecule is CC(C)(NC(=O)CCCl)c1ccccc1. The average Bonchev–Trinajstić information content (AvgIpc) is 2.18. The lowest BCUT2D eigenvalue weighted by Gasteiger charge is -2.26. The van der Waals surface area contributed by atoms with Crippen molar-refractivity contribution in [3.8, 4) is 0 Å². The molecule has 0 saturated carbocycles. The van der Waals surface area contributed by atoms with Crippen LogP contribution in [0.25, 0.3) is 0 Å². The van der Waals surface area contributed by atoms with Gasteiger partial charge in [-0.25, -0.2) is 0 Å². The van der Waals surface area contributed by atoms with E-state index in [4.69, 9.17) is 11.6 Å². The molecule has 0 bridgehead atoms. The van der Waals surface area contributed by atoms with Crippen LogP contribution >= 0.6 is 11.6 Å². The van der Waals surface area contributed by atoms with Crippen LogP contribution in [0, 0.1) is 0 Å². The minimum Gasteiger partial charge on any atom is -0.347 e. The van der Waals surface area contributed by atoms with Crippen LogP contribution in [0.4, 0.5) is 0 Å². The highest BCUT2D eigenvalue weighted by atomic mass is 35.5. The minimum atomic E-state index is -0.343. The predicted octanol–water partition coefficient (Wildman–Crippen LogP) is 2.67. The van der Waals surface area contributed by atoms with Gasteiger partial charge in [-0.05, 0) is 19.4 Å². The second kappa shape index (κ2) is 5.17. The van der Waals surface area contributed by atoms with E-state index in [0.29, 0.717) is 12.3 Å². The summed E-state index contributed by atoms with van der Waals surface area (Å²) in [5, 5.41) is 2.95. The zero-order chi connectivity index (χ0) is 11.3. The summed E-state index contributed by atoms with van der Waals surface area (Å²) in [4.78, 5) is 11.4. The zero-order valence-corrected chi connectivity index (χ0v) is 9.84. The molecule has 1 rings (SSSR count). The molecule has 0 aromatic heterocycles.